The lowest BCUT2D eigenvalue weighted by molar-refractivity contribution is -0.116. The summed E-state index contributed by atoms with van der Waals surface area (Å²) >= 11 is 7.09. The van der Waals surface area contributed by atoms with Gasteiger partial charge in [0.2, 0.25) is 5.91 Å². The second-order valence-electron chi connectivity index (χ2n) is 5.90. The number of nitrogens with zero attached hydrogens (tertiary/aromatic N) is 4. The minimum Gasteiger partial charge on any atom is -0.482 e. The van der Waals surface area contributed by atoms with Crippen LogP contribution in [0.4, 0.5) is 10.1 Å². The van der Waals surface area contributed by atoms with Crippen LogP contribution in [0.5, 0.6) is 5.75 Å². The van der Waals surface area contributed by atoms with Crippen molar-refractivity contribution in [2.24, 2.45) is 0 Å². The smallest absolute Gasteiger partial charge is 0.277 e. The fourth-order valence-electron chi connectivity index (χ4n) is 2.44. The molecule has 0 aliphatic heterocycles. The Bertz CT molecular complexity index is 1040. The van der Waals surface area contributed by atoms with E-state index in [0.717, 1.165) is 11.8 Å². The number of benzene rings is 2. The zero-order chi connectivity index (χ0) is 21.3. The van der Waals surface area contributed by atoms with Crippen molar-refractivity contribution in [2.75, 3.05) is 17.2 Å². The number of carbonyl (C=O) groups excluding carboxylic acids is 1. The number of carbonyl (C=O) groups is 1. The number of nitriles is 1. The second-order valence-corrected chi connectivity index (χ2v) is 7.23. The third kappa shape index (κ3) is 5.95. The number of hydrogen-bond acceptors (Lipinski definition) is 7. The van der Waals surface area contributed by atoms with Gasteiger partial charge in [-0.2, -0.15) is 5.26 Å². The zero-order valence-corrected chi connectivity index (χ0v) is 17.2. The average molecular weight is 447 g/mol. The largest absolute Gasteiger partial charge is 0.482 e. The molecule has 1 aromatic heterocycles. The van der Waals surface area contributed by atoms with E-state index in [0.29, 0.717) is 16.5 Å². The van der Waals surface area contributed by atoms with E-state index in [-0.39, 0.29) is 42.3 Å². The zero-order valence-electron chi connectivity index (χ0n) is 15.6. The summed E-state index contributed by atoms with van der Waals surface area (Å²) in [4.78, 5) is 14.1. The highest BCUT2D eigenvalue weighted by Gasteiger charge is 2.18. The van der Waals surface area contributed by atoms with Gasteiger partial charge in [-0.3, -0.25) is 4.79 Å². The van der Waals surface area contributed by atoms with Gasteiger partial charge < -0.3 is 14.1 Å². The summed E-state index contributed by atoms with van der Waals surface area (Å²) in [7, 11) is 0. The molecule has 0 unspecified atom stereocenters. The maximum Gasteiger partial charge on any atom is 0.277 e. The Balaban J connectivity index is 1.57. The Hall–Kier alpha value is -3.09. The average Bonchev–Trinajstić information content (AvgIpc) is 3.21. The van der Waals surface area contributed by atoms with Gasteiger partial charge in [0.25, 0.3) is 11.1 Å². The molecule has 0 atom stereocenters. The van der Waals surface area contributed by atoms with E-state index in [1.54, 1.807) is 24.3 Å². The molecule has 0 fully saturated rings. The van der Waals surface area contributed by atoms with Crippen LogP contribution in [-0.4, -0.2) is 28.4 Å². The summed E-state index contributed by atoms with van der Waals surface area (Å²) < 4.78 is 24.2. The summed E-state index contributed by atoms with van der Waals surface area (Å²) in [5.41, 5.74) is 0.511. The van der Waals surface area contributed by atoms with Gasteiger partial charge >= 0.3 is 0 Å². The van der Waals surface area contributed by atoms with E-state index in [1.165, 1.54) is 29.2 Å². The molecule has 154 valence electrons. The molecular weight excluding hydrogens is 431 g/mol. The molecule has 3 rings (SSSR count). The van der Waals surface area contributed by atoms with Gasteiger partial charge in [0.1, 0.15) is 11.6 Å². The molecule has 0 N–H and O–H groups in total. The summed E-state index contributed by atoms with van der Waals surface area (Å²) in [5, 5.41) is 17.3. The highest BCUT2D eigenvalue weighted by molar-refractivity contribution is 7.99. The molecule has 3 aromatic rings. The lowest BCUT2D eigenvalue weighted by Crippen LogP contribution is -2.33. The first-order chi connectivity index (χ1) is 14.6. The quantitative estimate of drug-likeness (QED) is 0.447. The van der Waals surface area contributed by atoms with E-state index in [4.69, 9.17) is 26.0 Å². The van der Waals surface area contributed by atoms with Crippen LogP contribution in [0.15, 0.2) is 58.2 Å². The summed E-state index contributed by atoms with van der Waals surface area (Å²) in [6, 6.07) is 14.5. The molecule has 0 aliphatic carbocycles. The molecule has 0 saturated heterocycles. The number of thioether (sulfide) groups is 1. The van der Waals surface area contributed by atoms with Crippen LogP contribution in [0, 0.1) is 17.1 Å². The van der Waals surface area contributed by atoms with Crippen molar-refractivity contribution in [3.05, 3.63) is 65.3 Å². The fourth-order valence-corrected chi connectivity index (χ4v) is 3.28. The lowest BCUT2D eigenvalue weighted by atomic mass is 10.2. The van der Waals surface area contributed by atoms with Crippen molar-refractivity contribution in [1.82, 2.24) is 10.2 Å². The highest BCUT2D eigenvalue weighted by atomic mass is 35.5. The minimum atomic E-state index is -0.404. The number of hydrogen-bond donors (Lipinski definition) is 0. The van der Waals surface area contributed by atoms with Crippen LogP contribution in [0.2, 0.25) is 5.02 Å². The van der Waals surface area contributed by atoms with Gasteiger partial charge in [0.05, 0.1) is 23.3 Å². The van der Waals surface area contributed by atoms with Crippen molar-refractivity contribution in [3.63, 3.8) is 0 Å². The first kappa shape index (κ1) is 21.6. The number of halogens is 2. The Morgan fingerprint density at radius 2 is 2.00 bits per heavy atom. The van der Waals surface area contributed by atoms with Crippen LogP contribution in [0.25, 0.3) is 0 Å². The van der Waals surface area contributed by atoms with Gasteiger partial charge in [-0.25, -0.2) is 4.39 Å². The van der Waals surface area contributed by atoms with Crippen LogP contribution >= 0.6 is 23.4 Å². The van der Waals surface area contributed by atoms with Crippen molar-refractivity contribution < 1.29 is 18.3 Å². The molecule has 30 heavy (non-hydrogen) atoms. The first-order valence-electron chi connectivity index (χ1n) is 8.82. The Kier molecular flexibility index (Phi) is 7.65. The number of anilines is 1. The predicted molar refractivity (Wildman–Crippen MR) is 110 cm³/mol. The summed E-state index contributed by atoms with van der Waals surface area (Å²) in [6.45, 7) is 0.234. The van der Waals surface area contributed by atoms with E-state index in [1.807, 2.05) is 6.07 Å². The van der Waals surface area contributed by atoms with Crippen molar-refractivity contribution in [1.29, 1.82) is 5.26 Å². The number of amides is 1. The third-order valence-electron chi connectivity index (χ3n) is 3.84. The van der Waals surface area contributed by atoms with Crippen LogP contribution in [-0.2, 0) is 11.4 Å². The summed E-state index contributed by atoms with van der Waals surface area (Å²) in [5.74, 6) is 0.0709. The highest BCUT2D eigenvalue weighted by Crippen LogP contribution is 2.25. The second kappa shape index (κ2) is 10.6. The molecule has 7 nitrogen and oxygen atoms in total. The van der Waals surface area contributed by atoms with Gasteiger partial charge in [-0.05, 0) is 36.4 Å². The number of aromatic nitrogens is 2. The molecule has 0 spiro atoms. The van der Waals surface area contributed by atoms with Crippen LogP contribution in [0.3, 0.4) is 0 Å². The molecular formula is C20H16ClFN4O3S. The fraction of sp³-hybridized carbons (Fsp3) is 0.200. The Labute approximate surface area is 181 Å². The molecule has 10 heteroatoms. The van der Waals surface area contributed by atoms with Gasteiger partial charge in [0, 0.05) is 12.2 Å². The van der Waals surface area contributed by atoms with Gasteiger partial charge in [0.15, 0.2) is 6.61 Å². The molecule has 0 bridgehead atoms. The van der Waals surface area contributed by atoms with E-state index in [2.05, 4.69) is 10.2 Å². The van der Waals surface area contributed by atoms with Gasteiger partial charge in [-0.15, -0.1) is 10.2 Å². The lowest BCUT2D eigenvalue weighted by Gasteiger charge is -2.21. The normalized spacial score (nSPS) is 10.4. The van der Waals surface area contributed by atoms with E-state index in [9.17, 15) is 9.18 Å². The Morgan fingerprint density at radius 1 is 1.23 bits per heavy atom. The number of ether oxygens (including phenoxy) is 1. The van der Waals surface area contributed by atoms with Gasteiger partial charge in [-0.1, -0.05) is 35.5 Å². The number of para-hydroxylation sites is 1. The number of rotatable bonds is 9. The topological polar surface area (TPSA) is 92.2 Å². The predicted octanol–water partition coefficient (Wildman–Crippen LogP) is 4.48. The maximum absolute atomic E-state index is 13.2. The molecule has 1 amide bonds. The first-order valence-corrected chi connectivity index (χ1v) is 10.2. The standard InChI is InChI=1S/C20H16ClFN4O3S/c21-16-4-1-2-5-17(16)28-12-18-24-25-20(29-18)30-13-19(27)26(11-3-10-23)15-8-6-14(22)7-9-15/h1-2,4-9H,3,11-13H2. The SMILES string of the molecule is N#CCCN(C(=O)CSc1nnc(COc2ccccc2Cl)o1)c1ccc(F)cc1. The Morgan fingerprint density at radius 3 is 2.73 bits per heavy atom. The maximum atomic E-state index is 13.2. The van der Waals surface area contributed by atoms with Crippen molar-refractivity contribution >= 4 is 35.0 Å². The minimum absolute atomic E-state index is 0.00973. The van der Waals surface area contributed by atoms with Crippen molar-refractivity contribution in [2.45, 2.75) is 18.3 Å². The van der Waals surface area contributed by atoms with E-state index < -0.39 is 5.82 Å². The molecule has 0 aliphatic rings. The molecule has 0 radical (unpaired) electrons. The molecule has 2 aromatic carbocycles. The van der Waals surface area contributed by atoms with Crippen molar-refractivity contribution in [3.8, 4) is 11.8 Å². The third-order valence-corrected chi connectivity index (χ3v) is 4.96. The summed E-state index contributed by atoms with van der Waals surface area (Å²) in [6.07, 6.45) is 0.151. The molecule has 0 saturated carbocycles. The van der Waals surface area contributed by atoms with E-state index >= 15 is 0 Å². The van der Waals surface area contributed by atoms with Crippen LogP contribution < -0.4 is 9.64 Å². The monoisotopic (exact) mass is 446 g/mol. The van der Waals surface area contributed by atoms with Crippen LogP contribution in [0.1, 0.15) is 12.3 Å². The molecule has 1 heterocycles.